The van der Waals surface area contributed by atoms with Crippen LogP contribution in [-0.4, -0.2) is 39.1 Å². The maximum absolute atomic E-state index is 12.9. The molecule has 0 bridgehead atoms. The van der Waals surface area contributed by atoms with Crippen LogP contribution in [0, 0.1) is 0 Å². The molecule has 0 atom stereocenters. The van der Waals surface area contributed by atoms with E-state index in [1.165, 1.54) is 6.07 Å². The lowest BCUT2D eigenvalue weighted by atomic mass is 10.1. The van der Waals surface area contributed by atoms with Crippen molar-refractivity contribution < 1.29 is 13.2 Å². The molecule has 108 valence electrons. The number of alkyl halides is 4. The third-order valence-corrected chi connectivity index (χ3v) is 3.15. The Labute approximate surface area is 116 Å². The minimum atomic E-state index is -4.37. The van der Waals surface area contributed by atoms with E-state index in [2.05, 4.69) is 0 Å². The fraction of sp³-hybridized carbons (Fsp3) is 0.538. The third kappa shape index (κ3) is 4.58. The molecule has 2 nitrogen and oxygen atoms in total. The first-order valence-electron chi connectivity index (χ1n) is 5.87. The molecule has 0 heterocycles. The maximum atomic E-state index is 12.9. The van der Waals surface area contributed by atoms with Gasteiger partial charge in [-0.25, -0.2) is 0 Å². The van der Waals surface area contributed by atoms with Gasteiger partial charge in [0.2, 0.25) is 0 Å². The summed E-state index contributed by atoms with van der Waals surface area (Å²) in [7, 11) is 5.62. The molecule has 0 spiro atoms. The molecule has 0 amide bonds. The van der Waals surface area contributed by atoms with Crippen molar-refractivity contribution in [2.75, 3.05) is 39.1 Å². The summed E-state index contributed by atoms with van der Waals surface area (Å²) in [5.41, 5.74) is -0.00123. The molecular formula is C13H18ClF3N2. The quantitative estimate of drug-likeness (QED) is 0.768. The zero-order chi connectivity index (χ0) is 14.6. The second-order valence-electron chi connectivity index (χ2n) is 4.70. The average Bonchev–Trinajstić information content (AvgIpc) is 2.34. The minimum absolute atomic E-state index is 0.110. The monoisotopic (exact) mass is 294 g/mol. The summed E-state index contributed by atoms with van der Waals surface area (Å²) in [6, 6.07) is 4.27. The van der Waals surface area contributed by atoms with Gasteiger partial charge in [0.1, 0.15) is 0 Å². The van der Waals surface area contributed by atoms with E-state index < -0.39 is 11.7 Å². The van der Waals surface area contributed by atoms with Crippen molar-refractivity contribution in [3.8, 4) is 0 Å². The van der Waals surface area contributed by atoms with E-state index in [9.17, 15) is 13.2 Å². The number of hydrogen-bond acceptors (Lipinski definition) is 2. The highest BCUT2D eigenvalue weighted by Gasteiger charge is 2.33. The first kappa shape index (κ1) is 16.1. The molecule has 0 radical (unpaired) electrons. The molecule has 0 fully saturated rings. The molecule has 0 aliphatic rings. The smallest absolute Gasteiger partial charge is 0.373 e. The number of halogens is 4. The van der Waals surface area contributed by atoms with Gasteiger partial charge in [0.25, 0.3) is 0 Å². The second kappa shape index (κ2) is 6.48. The number of likely N-dealkylation sites (N-methyl/N-ethyl adjacent to an activating group) is 2. The van der Waals surface area contributed by atoms with Crippen LogP contribution >= 0.6 is 11.6 Å². The highest BCUT2D eigenvalue weighted by atomic mass is 35.5. The predicted molar refractivity (Wildman–Crippen MR) is 72.8 cm³/mol. The number of rotatable bonds is 5. The van der Waals surface area contributed by atoms with Gasteiger partial charge in [-0.2, -0.15) is 13.2 Å². The van der Waals surface area contributed by atoms with E-state index in [1.807, 2.05) is 19.0 Å². The molecule has 1 rings (SSSR count). The molecule has 0 saturated heterocycles. The predicted octanol–water partition coefficient (Wildman–Crippen LogP) is 3.44. The van der Waals surface area contributed by atoms with Crippen molar-refractivity contribution in [3.63, 3.8) is 0 Å². The summed E-state index contributed by atoms with van der Waals surface area (Å²) < 4.78 is 38.7. The van der Waals surface area contributed by atoms with Crippen LogP contribution in [0.3, 0.4) is 0 Å². The van der Waals surface area contributed by atoms with E-state index >= 15 is 0 Å². The number of hydrogen-bond donors (Lipinski definition) is 0. The van der Waals surface area contributed by atoms with Crippen molar-refractivity contribution >= 4 is 17.3 Å². The van der Waals surface area contributed by atoms with Gasteiger partial charge in [-0.3, -0.25) is 0 Å². The van der Waals surface area contributed by atoms with Crippen molar-refractivity contribution in [2.45, 2.75) is 12.1 Å². The Bertz CT molecular complexity index is 419. The van der Waals surface area contributed by atoms with Gasteiger partial charge in [0.15, 0.2) is 0 Å². The summed E-state index contributed by atoms with van der Waals surface area (Å²) in [5, 5.41) is 0. The third-order valence-electron chi connectivity index (χ3n) is 2.87. The molecule has 0 saturated carbocycles. The van der Waals surface area contributed by atoms with Crippen LogP contribution in [0.5, 0.6) is 0 Å². The highest BCUT2D eigenvalue weighted by molar-refractivity contribution is 6.17. The van der Waals surface area contributed by atoms with E-state index in [-0.39, 0.29) is 11.4 Å². The van der Waals surface area contributed by atoms with Gasteiger partial charge < -0.3 is 9.80 Å². The van der Waals surface area contributed by atoms with Crippen molar-refractivity contribution in [2.24, 2.45) is 0 Å². The Kier molecular flexibility index (Phi) is 5.50. The van der Waals surface area contributed by atoms with Gasteiger partial charge in [-0.1, -0.05) is 6.07 Å². The van der Waals surface area contributed by atoms with Crippen LogP contribution < -0.4 is 4.90 Å². The van der Waals surface area contributed by atoms with Gasteiger partial charge in [0.05, 0.1) is 5.56 Å². The van der Waals surface area contributed by atoms with Gasteiger partial charge in [0, 0.05) is 31.7 Å². The molecule has 0 unspecified atom stereocenters. The van der Waals surface area contributed by atoms with E-state index in [4.69, 9.17) is 11.6 Å². The number of anilines is 1. The van der Waals surface area contributed by atoms with Crippen LogP contribution in [0.1, 0.15) is 11.1 Å². The molecule has 1 aromatic rings. The zero-order valence-corrected chi connectivity index (χ0v) is 12.0. The molecule has 0 aliphatic heterocycles. The van der Waals surface area contributed by atoms with Crippen LogP contribution in [0.4, 0.5) is 18.9 Å². The topological polar surface area (TPSA) is 6.48 Å². The Hall–Kier alpha value is -0.940. The zero-order valence-electron chi connectivity index (χ0n) is 11.3. The lowest BCUT2D eigenvalue weighted by Gasteiger charge is -2.23. The van der Waals surface area contributed by atoms with Crippen LogP contribution in [0.25, 0.3) is 0 Å². The Balaban J connectivity index is 2.98. The Morgan fingerprint density at radius 1 is 1.11 bits per heavy atom. The van der Waals surface area contributed by atoms with Gasteiger partial charge in [-0.15, -0.1) is 11.6 Å². The largest absolute Gasteiger partial charge is 0.416 e. The van der Waals surface area contributed by atoms with E-state index in [0.717, 1.165) is 12.6 Å². The summed E-state index contributed by atoms with van der Waals surface area (Å²) >= 11 is 5.55. The molecule has 0 N–H and O–H groups in total. The van der Waals surface area contributed by atoms with Crippen molar-refractivity contribution in [1.82, 2.24) is 4.90 Å². The fourth-order valence-electron chi connectivity index (χ4n) is 1.66. The van der Waals surface area contributed by atoms with Crippen LogP contribution in [0.15, 0.2) is 18.2 Å². The van der Waals surface area contributed by atoms with Crippen LogP contribution in [0.2, 0.25) is 0 Å². The summed E-state index contributed by atoms with van der Waals surface area (Å²) in [6.45, 7) is 1.43. The molecule has 6 heteroatoms. The summed E-state index contributed by atoms with van der Waals surface area (Å²) in [5.74, 6) is -0.142. The first-order valence-corrected chi connectivity index (χ1v) is 6.41. The molecule has 0 aromatic heterocycles. The highest BCUT2D eigenvalue weighted by Crippen LogP contribution is 2.35. The maximum Gasteiger partial charge on any atom is 0.416 e. The normalized spacial score (nSPS) is 12.0. The van der Waals surface area contributed by atoms with Crippen molar-refractivity contribution in [3.05, 3.63) is 29.3 Å². The SMILES string of the molecule is CN(C)CCN(C)c1ccc(CCl)c(C(F)(F)F)c1. The second-order valence-corrected chi connectivity index (χ2v) is 4.96. The molecular weight excluding hydrogens is 277 g/mol. The summed E-state index contributed by atoms with van der Waals surface area (Å²) in [6.07, 6.45) is -4.37. The molecule has 1 aromatic carbocycles. The lowest BCUT2D eigenvalue weighted by molar-refractivity contribution is -0.138. The average molecular weight is 295 g/mol. The van der Waals surface area contributed by atoms with Crippen LogP contribution in [-0.2, 0) is 12.1 Å². The standard InChI is InChI=1S/C13H18ClF3N2/c1-18(2)6-7-19(3)11-5-4-10(9-14)12(8-11)13(15,16)17/h4-5,8H,6-7,9H2,1-3H3. The number of nitrogens with zero attached hydrogens (tertiary/aromatic N) is 2. The molecule has 19 heavy (non-hydrogen) atoms. The van der Waals surface area contributed by atoms with Gasteiger partial charge in [-0.05, 0) is 31.8 Å². The Morgan fingerprint density at radius 3 is 2.21 bits per heavy atom. The summed E-state index contributed by atoms with van der Waals surface area (Å²) in [4.78, 5) is 3.78. The van der Waals surface area contributed by atoms with E-state index in [0.29, 0.717) is 12.2 Å². The minimum Gasteiger partial charge on any atom is -0.373 e. The van der Waals surface area contributed by atoms with Gasteiger partial charge >= 0.3 is 6.18 Å². The van der Waals surface area contributed by atoms with E-state index in [1.54, 1.807) is 18.0 Å². The Morgan fingerprint density at radius 2 is 1.74 bits per heavy atom. The number of benzene rings is 1. The van der Waals surface area contributed by atoms with Crippen molar-refractivity contribution in [1.29, 1.82) is 0 Å². The first-order chi connectivity index (χ1) is 8.75. The lowest BCUT2D eigenvalue weighted by Crippen LogP contribution is -2.28. The fourth-order valence-corrected chi connectivity index (χ4v) is 1.89. The molecule has 0 aliphatic carbocycles.